The largest absolute Gasteiger partial charge is 0.484 e. The van der Waals surface area contributed by atoms with Gasteiger partial charge in [-0.15, -0.1) is 10.2 Å². The van der Waals surface area contributed by atoms with Gasteiger partial charge in [-0.2, -0.15) is 13.2 Å². The SMILES string of the molecule is CCOC(=O)c1ccc(NC(=O)CSc2nnc(CNC(=O)COc3ccc(Cl)cc3)n2-c2cccc(C(F)(F)F)c2)cc1. The summed E-state index contributed by atoms with van der Waals surface area (Å²) in [5, 5.41) is 14.0. The number of halogens is 4. The summed E-state index contributed by atoms with van der Waals surface area (Å²) in [6, 6.07) is 17.0. The summed E-state index contributed by atoms with van der Waals surface area (Å²) in [5.41, 5.74) is -0.0595. The Balaban J connectivity index is 1.46. The van der Waals surface area contributed by atoms with Gasteiger partial charge < -0.3 is 20.1 Å². The molecule has 0 spiro atoms. The summed E-state index contributed by atoms with van der Waals surface area (Å²) in [6.45, 7) is 1.40. The minimum atomic E-state index is -4.60. The zero-order valence-electron chi connectivity index (χ0n) is 23.1. The number of anilines is 1. The summed E-state index contributed by atoms with van der Waals surface area (Å²) in [7, 11) is 0. The van der Waals surface area contributed by atoms with Crippen molar-refractivity contribution in [3.8, 4) is 11.4 Å². The van der Waals surface area contributed by atoms with E-state index < -0.39 is 29.5 Å². The van der Waals surface area contributed by atoms with Crippen molar-refractivity contribution in [2.45, 2.75) is 24.8 Å². The second kappa shape index (κ2) is 14.8. The van der Waals surface area contributed by atoms with Crippen LogP contribution in [0.5, 0.6) is 5.75 Å². The van der Waals surface area contributed by atoms with Crippen LogP contribution in [0.25, 0.3) is 5.69 Å². The van der Waals surface area contributed by atoms with E-state index in [1.807, 2.05) is 0 Å². The summed E-state index contributed by atoms with van der Waals surface area (Å²) in [4.78, 5) is 36.9. The van der Waals surface area contributed by atoms with E-state index in [0.29, 0.717) is 22.0 Å². The fourth-order valence-electron chi connectivity index (χ4n) is 3.73. The normalized spacial score (nSPS) is 11.1. The Morgan fingerprint density at radius 3 is 2.39 bits per heavy atom. The number of benzene rings is 3. The molecule has 10 nitrogen and oxygen atoms in total. The van der Waals surface area contributed by atoms with E-state index in [1.165, 1.54) is 41.0 Å². The molecule has 15 heteroatoms. The number of hydrogen-bond donors (Lipinski definition) is 2. The number of ether oxygens (including phenoxy) is 2. The van der Waals surface area contributed by atoms with Gasteiger partial charge >= 0.3 is 12.1 Å². The molecule has 0 aliphatic rings. The van der Waals surface area contributed by atoms with Gasteiger partial charge in [0.25, 0.3) is 5.91 Å². The maximum Gasteiger partial charge on any atom is 0.416 e. The van der Waals surface area contributed by atoms with Gasteiger partial charge in [-0.1, -0.05) is 29.4 Å². The highest BCUT2D eigenvalue weighted by Gasteiger charge is 2.31. The first kappa shape index (κ1) is 32.4. The molecule has 0 aliphatic carbocycles. The lowest BCUT2D eigenvalue weighted by Crippen LogP contribution is -2.29. The molecule has 2 N–H and O–H groups in total. The molecule has 44 heavy (non-hydrogen) atoms. The average Bonchev–Trinajstić information content (AvgIpc) is 3.41. The van der Waals surface area contributed by atoms with E-state index in [-0.39, 0.29) is 42.2 Å². The van der Waals surface area contributed by atoms with Crippen LogP contribution in [0.4, 0.5) is 18.9 Å². The van der Waals surface area contributed by atoms with Gasteiger partial charge in [-0.25, -0.2) is 4.79 Å². The summed E-state index contributed by atoms with van der Waals surface area (Å²) in [5.74, 6) is -1.06. The molecule has 230 valence electrons. The van der Waals surface area contributed by atoms with Crippen LogP contribution in [0.2, 0.25) is 5.02 Å². The Labute approximate surface area is 258 Å². The standard InChI is InChI=1S/C29H25ClF3N5O5S/c1-2-42-27(41)18-6-10-21(11-7-18)35-26(40)17-44-28-37-36-24(38(28)22-5-3-4-19(14-22)29(31,32)33)15-34-25(39)16-43-23-12-8-20(30)9-13-23/h3-14H,2,15-17H2,1H3,(H,34,39)(H,35,40). The van der Waals surface area contributed by atoms with Crippen LogP contribution >= 0.6 is 23.4 Å². The Hall–Kier alpha value is -4.56. The Morgan fingerprint density at radius 1 is 0.977 bits per heavy atom. The molecule has 0 aliphatic heterocycles. The highest BCUT2D eigenvalue weighted by Crippen LogP contribution is 2.32. The van der Waals surface area contributed by atoms with Crippen LogP contribution in [0.15, 0.2) is 78.0 Å². The molecular weight excluding hydrogens is 623 g/mol. The van der Waals surface area contributed by atoms with E-state index in [2.05, 4.69) is 20.8 Å². The van der Waals surface area contributed by atoms with Crippen molar-refractivity contribution >= 4 is 46.8 Å². The summed E-state index contributed by atoms with van der Waals surface area (Å²) >= 11 is 6.78. The molecule has 0 fully saturated rings. The highest BCUT2D eigenvalue weighted by molar-refractivity contribution is 7.99. The predicted molar refractivity (Wildman–Crippen MR) is 157 cm³/mol. The minimum absolute atomic E-state index is 0.0870. The Morgan fingerprint density at radius 2 is 1.70 bits per heavy atom. The van der Waals surface area contributed by atoms with Gasteiger partial charge in [0.15, 0.2) is 17.6 Å². The van der Waals surface area contributed by atoms with E-state index >= 15 is 0 Å². The maximum atomic E-state index is 13.5. The van der Waals surface area contributed by atoms with Gasteiger partial charge in [0.2, 0.25) is 5.91 Å². The fourth-order valence-corrected chi connectivity index (χ4v) is 4.63. The van der Waals surface area contributed by atoms with Crippen LogP contribution in [0.3, 0.4) is 0 Å². The van der Waals surface area contributed by atoms with Crippen LogP contribution in [0.1, 0.15) is 28.7 Å². The van der Waals surface area contributed by atoms with Gasteiger partial charge in [0.1, 0.15) is 5.75 Å². The first-order valence-corrected chi connectivity index (χ1v) is 14.4. The van der Waals surface area contributed by atoms with Gasteiger partial charge in [-0.3, -0.25) is 14.2 Å². The number of alkyl halides is 3. The molecule has 4 aromatic rings. The molecule has 0 atom stereocenters. The van der Waals surface area contributed by atoms with Gasteiger partial charge in [-0.05, 0) is 73.7 Å². The number of esters is 1. The first-order chi connectivity index (χ1) is 21.0. The number of nitrogens with zero attached hydrogens (tertiary/aromatic N) is 3. The third kappa shape index (κ3) is 8.97. The second-order valence-corrected chi connectivity index (χ2v) is 10.3. The van der Waals surface area contributed by atoms with Crippen molar-refractivity contribution in [3.05, 3.63) is 94.8 Å². The van der Waals surface area contributed by atoms with Crippen LogP contribution in [-0.4, -0.2) is 51.5 Å². The zero-order chi connectivity index (χ0) is 31.7. The minimum Gasteiger partial charge on any atom is -0.484 e. The molecular formula is C29H25ClF3N5O5S. The fraction of sp³-hybridized carbons (Fsp3) is 0.207. The van der Waals surface area contributed by atoms with E-state index in [1.54, 1.807) is 31.2 Å². The quantitative estimate of drug-likeness (QED) is 0.152. The lowest BCUT2D eigenvalue weighted by Gasteiger charge is -2.14. The second-order valence-electron chi connectivity index (χ2n) is 8.94. The molecule has 0 saturated carbocycles. The van der Waals surface area contributed by atoms with Crippen molar-refractivity contribution in [1.82, 2.24) is 20.1 Å². The predicted octanol–water partition coefficient (Wildman–Crippen LogP) is 5.54. The highest BCUT2D eigenvalue weighted by atomic mass is 35.5. The molecule has 1 heterocycles. The van der Waals surface area contributed by atoms with E-state index in [4.69, 9.17) is 21.1 Å². The third-order valence-corrected chi connectivity index (χ3v) is 6.95. The molecule has 2 amide bonds. The average molecular weight is 648 g/mol. The number of thioether (sulfide) groups is 1. The Kier molecular flexibility index (Phi) is 10.8. The lowest BCUT2D eigenvalue weighted by molar-refractivity contribution is -0.137. The van der Waals surface area contributed by atoms with Crippen molar-refractivity contribution < 1.29 is 37.0 Å². The number of rotatable bonds is 12. The number of hydrogen-bond acceptors (Lipinski definition) is 8. The van der Waals surface area contributed by atoms with Crippen LogP contribution in [0, 0.1) is 0 Å². The van der Waals surface area contributed by atoms with Gasteiger partial charge in [0.05, 0.1) is 35.7 Å². The lowest BCUT2D eigenvalue weighted by atomic mass is 10.2. The summed E-state index contributed by atoms with van der Waals surface area (Å²) in [6.07, 6.45) is -4.60. The van der Waals surface area contributed by atoms with E-state index in [9.17, 15) is 27.6 Å². The van der Waals surface area contributed by atoms with Crippen molar-refractivity contribution in [3.63, 3.8) is 0 Å². The number of amides is 2. The molecule has 3 aromatic carbocycles. The third-order valence-electron chi connectivity index (χ3n) is 5.77. The number of carbonyl (C=O) groups is 3. The summed E-state index contributed by atoms with van der Waals surface area (Å²) < 4.78 is 52.1. The number of nitrogens with one attached hydrogen (secondary N) is 2. The zero-order valence-corrected chi connectivity index (χ0v) is 24.6. The monoisotopic (exact) mass is 647 g/mol. The van der Waals surface area contributed by atoms with E-state index in [0.717, 1.165) is 23.9 Å². The Bertz CT molecular complexity index is 1620. The number of aromatic nitrogens is 3. The molecule has 0 bridgehead atoms. The molecule has 0 unspecified atom stereocenters. The van der Waals surface area contributed by atoms with Crippen molar-refractivity contribution in [2.75, 3.05) is 24.3 Å². The molecule has 0 radical (unpaired) electrons. The topological polar surface area (TPSA) is 124 Å². The smallest absolute Gasteiger partial charge is 0.416 e. The molecule has 1 aromatic heterocycles. The van der Waals surface area contributed by atoms with Crippen molar-refractivity contribution in [1.29, 1.82) is 0 Å². The van der Waals surface area contributed by atoms with Crippen LogP contribution in [-0.2, 0) is 27.0 Å². The molecule has 0 saturated heterocycles. The first-order valence-electron chi connectivity index (χ1n) is 13.0. The van der Waals surface area contributed by atoms with Gasteiger partial charge in [0, 0.05) is 10.7 Å². The molecule has 4 rings (SSSR count). The maximum absolute atomic E-state index is 13.5. The number of carbonyl (C=O) groups excluding carboxylic acids is 3. The van der Waals surface area contributed by atoms with Crippen molar-refractivity contribution in [2.24, 2.45) is 0 Å². The van der Waals surface area contributed by atoms with Crippen LogP contribution < -0.4 is 15.4 Å².